The standard InChI is InChI=1S/C16H26.C11H16N2.C8H18O.C2H4O/c1-5-7-11-15(9-6-2)16-12-8-10-13(3)14(16)4;1-4-13-10-7-5-6-9(10)11(12-13)8(2)3;1-5-8(4,9)6-7(2)3;1-2-3/h8,10,12,15H,5-7,9,11H2,1-4H3;2,4-7H2,1,3H3;7,9H,5-6H2,1-4H3;2H,1H3. The number of benzene rings is 1. The van der Waals surface area contributed by atoms with Crippen LogP contribution in [0.1, 0.15) is 153 Å². The Morgan fingerprint density at radius 1 is 1.12 bits per heavy atom. The number of fused-ring (bicyclic) bond motifs is 1. The zero-order valence-electron chi connectivity index (χ0n) is 28.7. The van der Waals surface area contributed by atoms with Crippen LogP contribution >= 0.6 is 0 Å². The van der Waals surface area contributed by atoms with E-state index in [1.165, 1.54) is 80.7 Å². The largest absolute Gasteiger partial charge is 0.390 e. The maximum absolute atomic E-state index is 9.49. The monoisotopic (exact) mass is 568 g/mol. The second-order valence-electron chi connectivity index (χ2n) is 12.3. The summed E-state index contributed by atoms with van der Waals surface area (Å²) in [6.07, 6.45) is 12.8. The van der Waals surface area contributed by atoms with Gasteiger partial charge in [-0.3, -0.25) is 4.68 Å². The van der Waals surface area contributed by atoms with Crippen LogP contribution in [0.3, 0.4) is 0 Å². The molecule has 3 rings (SSSR count). The van der Waals surface area contributed by atoms with Crippen LogP contribution in [-0.2, 0) is 24.2 Å². The Labute approximate surface area is 254 Å². The Hall–Kier alpha value is -2.20. The summed E-state index contributed by atoms with van der Waals surface area (Å²) < 4.78 is 2.13. The zero-order chi connectivity index (χ0) is 31.6. The van der Waals surface area contributed by atoms with E-state index in [0.29, 0.717) is 5.92 Å². The lowest BCUT2D eigenvalue weighted by Gasteiger charge is -2.22. The highest BCUT2D eigenvalue weighted by Gasteiger charge is 2.21. The zero-order valence-corrected chi connectivity index (χ0v) is 28.7. The van der Waals surface area contributed by atoms with Crippen molar-refractivity contribution in [3.63, 3.8) is 0 Å². The molecule has 1 N–H and O–H groups in total. The summed E-state index contributed by atoms with van der Waals surface area (Å²) in [6, 6.07) is 6.77. The average Bonchev–Trinajstić information content (AvgIpc) is 3.52. The van der Waals surface area contributed by atoms with Crippen molar-refractivity contribution in [1.82, 2.24) is 9.78 Å². The van der Waals surface area contributed by atoms with Crippen molar-refractivity contribution in [2.45, 2.75) is 158 Å². The van der Waals surface area contributed by atoms with Gasteiger partial charge in [-0.05, 0) is 121 Å². The molecule has 0 radical (unpaired) electrons. The molecule has 4 heteroatoms. The third kappa shape index (κ3) is 14.0. The van der Waals surface area contributed by atoms with Crippen molar-refractivity contribution in [2.24, 2.45) is 5.92 Å². The maximum atomic E-state index is 9.49. The molecule has 0 saturated carbocycles. The molecule has 0 saturated heterocycles. The Morgan fingerprint density at radius 3 is 2.22 bits per heavy atom. The quantitative estimate of drug-likeness (QED) is 0.274. The highest BCUT2D eigenvalue weighted by atomic mass is 16.3. The van der Waals surface area contributed by atoms with E-state index in [-0.39, 0.29) is 0 Å². The molecule has 0 bridgehead atoms. The SMILES string of the molecule is C=C(C)c1nn(CC)c2c1CCC2.CC=O.CCC(C)(O)CC(C)C.CCCCC(CCC)c1cccc(C)c1C. The van der Waals surface area contributed by atoms with Crippen LogP contribution in [0.25, 0.3) is 5.57 Å². The molecule has 2 unspecified atom stereocenters. The lowest BCUT2D eigenvalue weighted by Crippen LogP contribution is -2.24. The van der Waals surface area contributed by atoms with E-state index in [1.807, 2.05) is 20.8 Å². The molecule has 1 aromatic carbocycles. The van der Waals surface area contributed by atoms with E-state index in [4.69, 9.17) is 4.79 Å². The van der Waals surface area contributed by atoms with Gasteiger partial charge in [-0.25, -0.2) is 0 Å². The third-order valence-electron chi connectivity index (χ3n) is 7.95. The van der Waals surface area contributed by atoms with Crippen molar-refractivity contribution < 1.29 is 9.90 Å². The van der Waals surface area contributed by atoms with Crippen LogP contribution in [0.15, 0.2) is 24.8 Å². The molecule has 4 nitrogen and oxygen atoms in total. The summed E-state index contributed by atoms with van der Waals surface area (Å²) in [5.74, 6) is 1.38. The second-order valence-corrected chi connectivity index (χ2v) is 12.3. The predicted molar refractivity (Wildman–Crippen MR) is 180 cm³/mol. The Kier molecular flexibility index (Phi) is 19.5. The van der Waals surface area contributed by atoms with Crippen molar-refractivity contribution >= 4 is 11.9 Å². The van der Waals surface area contributed by atoms with Gasteiger partial charge in [0.2, 0.25) is 0 Å². The molecule has 1 aromatic heterocycles. The predicted octanol–water partition coefficient (Wildman–Crippen LogP) is 10.2. The molecule has 2 atom stereocenters. The lowest BCUT2D eigenvalue weighted by molar-refractivity contribution is -0.106. The van der Waals surface area contributed by atoms with Gasteiger partial charge in [0.05, 0.1) is 11.3 Å². The normalized spacial score (nSPS) is 13.9. The van der Waals surface area contributed by atoms with Crippen molar-refractivity contribution in [3.05, 3.63) is 58.4 Å². The molecular formula is C37H64N2O2. The second kappa shape index (κ2) is 20.6. The number of carbonyl (C=O) groups is 1. The number of unbranched alkanes of at least 4 members (excludes halogenated alkanes) is 1. The fourth-order valence-electron chi connectivity index (χ4n) is 5.61. The summed E-state index contributed by atoms with van der Waals surface area (Å²) >= 11 is 0. The smallest absolute Gasteiger partial charge is 0.116 e. The molecule has 1 aliphatic rings. The van der Waals surface area contributed by atoms with Gasteiger partial charge in [0.25, 0.3) is 0 Å². The number of allylic oxidation sites excluding steroid dienone is 1. The van der Waals surface area contributed by atoms with Gasteiger partial charge in [-0.2, -0.15) is 5.10 Å². The maximum Gasteiger partial charge on any atom is 0.116 e. The highest BCUT2D eigenvalue weighted by Crippen LogP contribution is 2.31. The van der Waals surface area contributed by atoms with Crippen molar-refractivity contribution in [1.29, 1.82) is 0 Å². The Bertz CT molecular complexity index is 1020. The molecule has 0 amide bonds. The number of hydrogen-bond donors (Lipinski definition) is 1. The van der Waals surface area contributed by atoms with Gasteiger partial charge in [0, 0.05) is 17.8 Å². The fourth-order valence-corrected chi connectivity index (χ4v) is 5.61. The fraction of sp³-hybridized carbons (Fsp3) is 0.676. The van der Waals surface area contributed by atoms with Crippen LogP contribution in [0, 0.1) is 19.8 Å². The first-order chi connectivity index (χ1) is 19.3. The van der Waals surface area contributed by atoms with E-state index in [9.17, 15) is 5.11 Å². The Morgan fingerprint density at radius 2 is 1.76 bits per heavy atom. The minimum Gasteiger partial charge on any atom is -0.390 e. The van der Waals surface area contributed by atoms with Gasteiger partial charge in [0.15, 0.2) is 0 Å². The van der Waals surface area contributed by atoms with E-state index >= 15 is 0 Å². The van der Waals surface area contributed by atoms with E-state index in [0.717, 1.165) is 42.9 Å². The van der Waals surface area contributed by atoms with Crippen LogP contribution in [0.2, 0.25) is 0 Å². The molecule has 0 spiro atoms. The number of hydrogen-bond acceptors (Lipinski definition) is 3. The van der Waals surface area contributed by atoms with Crippen molar-refractivity contribution in [3.8, 4) is 0 Å². The van der Waals surface area contributed by atoms with Gasteiger partial charge in [0.1, 0.15) is 6.29 Å². The number of aryl methyl sites for hydroxylation is 2. The van der Waals surface area contributed by atoms with Crippen LogP contribution in [0.4, 0.5) is 0 Å². The summed E-state index contributed by atoms with van der Waals surface area (Å²) in [5, 5.41) is 14.1. The van der Waals surface area contributed by atoms with Gasteiger partial charge in [-0.1, -0.05) is 78.7 Å². The van der Waals surface area contributed by atoms with Gasteiger partial charge in [-0.15, -0.1) is 0 Å². The molecule has 1 aliphatic carbocycles. The first-order valence-electron chi connectivity index (χ1n) is 16.3. The topological polar surface area (TPSA) is 55.1 Å². The molecule has 2 aromatic rings. The number of rotatable bonds is 11. The van der Waals surface area contributed by atoms with E-state index in [2.05, 4.69) is 83.0 Å². The van der Waals surface area contributed by atoms with Crippen molar-refractivity contribution in [2.75, 3.05) is 0 Å². The summed E-state index contributed by atoms with van der Waals surface area (Å²) in [4.78, 5) is 8.81. The van der Waals surface area contributed by atoms with Crippen LogP contribution in [0.5, 0.6) is 0 Å². The number of nitrogens with zero attached hydrogens (tertiary/aromatic N) is 2. The number of aliphatic hydroxyl groups is 1. The van der Waals surface area contributed by atoms with Gasteiger partial charge >= 0.3 is 0 Å². The molecule has 41 heavy (non-hydrogen) atoms. The van der Waals surface area contributed by atoms with Crippen LogP contribution in [-0.4, -0.2) is 26.8 Å². The number of aldehydes is 1. The summed E-state index contributed by atoms with van der Waals surface area (Å²) in [7, 11) is 0. The van der Waals surface area contributed by atoms with E-state index in [1.54, 1.807) is 5.56 Å². The molecule has 0 aliphatic heterocycles. The highest BCUT2D eigenvalue weighted by molar-refractivity contribution is 5.62. The molecule has 1 heterocycles. The van der Waals surface area contributed by atoms with E-state index < -0.39 is 5.60 Å². The molecular weight excluding hydrogens is 504 g/mol. The third-order valence-corrected chi connectivity index (χ3v) is 7.95. The minimum atomic E-state index is -0.436. The molecule has 0 fully saturated rings. The number of carbonyl (C=O) groups excluding carboxylic acids is 1. The molecule has 234 valence electrons. The first kappa shape index (κ1) is 38.8. The average molecular weight is 569 g/mol. The first-order valence-corrected chi connectivity index (χ1v) is 16.3. The summed E-state index contributed by atoms with van der Waals surface area (Å²) in [5.41, 5.74) is 9.26. The summed E-state index contributed by atoms with van der Waals surface area (Å²) in [6.45, 7) is 27.8. The number of aromatic nitrogens is 2. The van der Waals surface area contributed by atoms with Gasteiger partial charge < -0.3 is 9.90 Å². The van der Waals surface area contributed by atoms with Crippen LogP contribution < -0.4 is 0 Å². The lowest BCUT2D eigenvalue weighted by atomic mass is 9.86. The Balaban J connectivity index is 0.000000577. The minimum absolute atomic E-state index is 0.436.